The Bertz CT molecular complexity index is 562. The van der Waals surface area contributed by atoms with Gasteiger partial charge in [-0.2, -0.15) is 5.10 Å². The van der Waals surface area contributed by atoms with Crippen molar-refractivity contribution in [1.82, 2.24) is 14.7 Å². The summed E-state index contributed by atoms with van der Waals surface area (Å²) < 4.78 is 7.54. The molecule has 0 aromatic carbocycles. The molecule has 1 amide bonds. The van der Waals surface area contributed by atoms with Crippen LogP contribution in [0.25, 0.3) is 0 Å². The van der Waals surface area contributed by atoms with Crippen molar-refractivity contribution in [2.75, 3.05) is 6.54 Å². The highest BCUT2D eigenvalue weighted by Gasteiger charge is 2.30. The van der Waals surface area contributed by atoms with Gasteiger partial charge in [0.1, 0.15) is 5.60 Å². The molecular formula is C12H16IN3O4. The van der Waals surface area contributed by atoms with Crippen LogP contribution in [0, 0.1) is 3.57 Å². The fraction of sp³-hybridized carbons (Fsp3) is 0.583. The first-order valence-corrected chi connectivity index (χ1v) is 7.23. The zero-order valence-electron chi connectivity index (χ0n) is 11.5. The normalized spacial score (nSPS) is 14.9. The van der Waals surface area contributed by atoms with Gasteiger partial charge >= 0.3 is 12.1 Å². The average molecular weight is 393 g/mol. The molecule has 1 aliphatic heterocycles. The topological polar surface area (TPSA) is 84.7 Å². The molecule has 2 heterocycles. The van der Waals surface area contributed by atoms with E-state index in [2.05, 4.69) is 5.10 Å². The molecule has 7 nitrogen and oxygen atoms in total. The third-order valence-corrected chi connectivity index (χ3v) is 3.90. The van der Waals surface area contributed by atoms with Crippen LogP contribution in [0.4, 0.5) is 4.79 Å². The van der Waals surface area contributed by atoms with E-state index in [0.29, 0.717) is 23.2 Å². The minimum Gasteiger partial charge on any atom is -0.476 e. The number of rotatable bonds is 1. The van der Waals surface area contributed by atoms with E-state index in [-0.39, 0.29) is 5.69 Å². The summed E-state index contributed by atoms with van der Waals surface area (Å²) in [6, 6.07) is 0. The summed E-state index contributed by atoms with van der Waals surface area (Å²) in [5.41, 5.74) is 0.223. The van der Waals surface area contributed by atoms with Gasteiger partial charge in [-0.05, 0) is 43.4 Å². The number of carboxylic acid groups (broad SMARTS) is 1. The van der Waals surface area contributed by atoms with Crippen LogP contribution in [0.5, 0.6) is 0 Å². The van der Waals surface area contributed by atoms with E-state index >= 15 is 0 Å². The first kappa shape index (κ1) is 15.1. The number of aromatic nitrogens is 2. The minimum atomic E-state index is -1.06. The van der Waals surface area contributed by atoms with Crippen LogP contribution >= 0.6 is 22.6 Å². The van der Waals surface area contributed by atoms with E-state index in [1.54, 1.807) is 9.58 Å². The molecule has 0 aliphatic carbocycles. The molecule has 1 aromatic rings. The second-order valence-corrected chi connectivity index (χ2v) is 6.62. The lowest BCUT2D eigenvalue weighted by molar-refractivity contribution is 0.0193. The number of nitrogens with zero attached hydrogens (tertiary/aromatic N) is 3. The Morgan fingerprint density at radius 3 is 2.55 bits per heavy atom. The Labute approximate surface area is 130 Å². The van der Waals surface area contributed by atoms with Crippen LogP contribution in [0.2, 0.25) is 0 Å². The summed E-state index contributed by atoms with van der Waals surface area (Å²) in [7, 11) is 0. The van der Waals surface area contributed by atoms with Crippen molar-refractivity contribution in [2.24, 2.45) is 0 Å². The first-order valence-electron chi connectivity index (χ1n) is 6.15. The second kappa shape index (κ2) is 5.23. The SMILES string of the molecule is CC(C)(C)OC(=O)N1CCn2nc(C(=O)O)c(I)c2C1. The largest absolute Gasteiger partial charge is 0.476 e. The predicted octanol–water partition coefficient (Wildman–Crippen LogP) is 1.94. The van der Waals surface area contributed by atoms with E-state index < -0.39 is 17.7 Å². The third kappa shape index (κ3) is 3.05. The van der Waals surface area contributed by atoms with Crippen LogP contribution in [0.3, 0.4) is 0 Å². The molecule has 0 atom stereocenters. The van der Waals surface area contributed by atoms with Gasteiger partial charge in [-0.1, -0.05) is 0 Å². The van der Waals surface area contributed by atoms with Gasteiger partial charge in [0, 0.05) is 6.54 Å². The van der Waals surface area contributed by atoms with Crippen LogP contribution in [0.15, 0.2) is 0 Å². The monoisotopic (exact) mass is 393 g/mol. The maximum atomic E-state index is 12.0. The summed E-state index contributed by atoms with van der Waals surface area (Å²) >= 11 is 1.95. The van der Waals surface area contributed by atoms with Crippen molar-refractivity contribution < 1.29 is 19.4 Å². The van der Waals surface area contributed by atoms with Crippen LogP contribution in [0.1, 0.15) is 37.0 Å². The lowest BCUT2D eigenvalue weighted by atomic mass is 10.2. The zero-order valence-corrected chi connectivity index (χ0v) is 13.7. The van der Waals surface area contributed by atoms with Crippen molar-refractivity contribution in [1.29, 1.82) is 0 Å². The Balaban J connectivity index is 2.19. The Hall–Kier alpha value is -1.32. The summed E-state index contributed by atoms with van der Waals surface area (Å²) in [5.74, 6) is -1.06. The van der Waals surface area contributed by atoms with Gasteiger partial charge in [0.2, 0.25) is 0 Å². The summed E-state index contributed by atoms with van der Waals surface area (Å²) in [4.78, 5) is 24.7. The number of amides is 1. The highest BCUT2D eigenvalue weighted by atomic mass is 127. The molecule has 0 saturated heterocycles. The maximum Gasteiger partial charge on any atom is 0.410 e. The Morgan fingerprint density at radius 2 is 2.00 bits per heavy atom. The van der Waals surface area contributed by atoms with Gasteiger partial charge in [-0.3, -0.25) is 4.68 Å². The van der Waals surface area contributed by atoms with Gasteiger partial charge in [-0.25, -0.2) is 9.59 Å². The number of ether oxygens (including phenoxy) is 1. The van der Waals surface area contributed by atoms with Crippen LogP contribution in [-0.4, -0.2) is 44.0 Å². The van der Waals surface area contributed by atoms with Crippen molar-refractivity contribution in [2.45, 2.75) is 39.5 Å². The van der Waals surface area contributed by atoms with E-state index in [1.807, 2.05) is 43.4 Å². The maximum absolute atomic E-state index is 12.0. The van der Waals surface area contributed by atoms with E-state index in [4.69, 9.17) is 9.84 Å². The third-order valence-electron chi connectivity index (χ3n) is 2.77. The van der Waals surface area contributed by atoms with Gasteiger partial charge in [0.15, 0.2) is 5.69 Å². The predicted molar refractivity (Wildman–Crippen MR) is 78.5 cm³/mol. The smallest absolute Gasteiger partial charge is 0.410 e. The van der Waals surface area contributed by atoms with Gasteiger partial charge in [0.25, 0.3) is 0 Å². The molecule has 0 fully saturated rings. The summed E-state index contributed by atoms with van der Waals surface area (Å²) in [5, 5.41) is 13.1. The van der Waals surface area contributed by atoms with Crippen molar-refractivity contribution >= 4 is 34.7 Å². The molecule has 0 radical (unpaired) electrons. The molecular weight excluding hydrogens is 377 g/mol. The average Bonchev–Trinajstić information content (AvgIpc) is 2.64. The molecule has 0 bridgehead atoms. The zero-order chi connectivity index (χ0) is 15.1. The number of carbonyl (C=O) groups excluding carboxylic acids is 1. The number of aromatic carboxylic acids is 1. The second-order valence-electron chi connectivity index (χ2n) is 5.54. The lowest BCUT2D eigenvalue weighted by Gasteiger charge is -2.30. The molecule has 110 valence electrons. The van der Waals surface area contributed by atoms with E-state index in [1.165, 1.54) is 0 Å². The molecule has 2 rings (SSSR count). The minimum absolute atomic E-state index is 0.0339. The number of hydrogen-bond donors (Lipinski definition) is 1. The van der Waals surface area contributed by atoms with Crippen molar-refractivity contribution in [3.8, 4) is 0 Å². The number of hydrogen-bond acceptors (Lipinski definition) is 4. The highest BCUT2D eigenvalue weighted by Crippen LogP contribution is 2.23. The molecule has 0 saturated carbocycles. The summed E-state index contributed by atoms with van der Waals surface area (Å²) in [6.45, 7) is 6.67. The fourth-order valence-corrected chi connectivity index (χ4v) is 2.69. The van der Waals surface area contributed by atoms with E-state index in [0.717, 1.165) is 5.69 Å². The molecule has 20 heavy (non-hydrogen) atoms. The van der Waals surface area contributed by atoms with Gasteiger partial charge in [-0.15, -0.1) is 0 Å². The highest BCUT2D eigenvalue weighted by molar-refractivity contribution is 14.1. The van der Waals surface area contributed by atoms with Crippen LogP contribution < -0.4 is 0 Å². The number of carboxylic acids is 1. The molecule has 1 aliphatic rings. The Kier molecular flexibility index (Phi) is 3.94. The molecule has 8 heteroatoms. The molecule has 1 aromatic heterocycles. The van der Waals surface area contributed by atoms with Gasteiger partial charge in [0.05, 0.1) is 22.4 Å². The summed E-state index contributed by atoms with van der Waals surface area (Å²) in [6.07, 6.45) is -0.391. The quantitative estimate of drug-likeness (QED) is 0.738. The first-order chi connectivity index (χ1) is 9.19. The van der Waals surface area contributed by atoms with E-state index in [9.17, 15) is 9.59 Å². The van der Waals surface area contributed by atoms with Crippen molar-refractivity contribution in [3.05, 3.63) is 15.0 Å². The molecule has 0 unspecified atom stereocenters. The standard InChI is InChI=1S/C12H16IN3O4/c1-12(2,3)20-11(19)15-4-5-16-7(6-15)8(13)9(14-16)10(17)18/h4-6H2,1-3H3,(H,17,18). The Morgan fingerprint density at radius 1 is 1.35 bits per heavy atom. The van der Waals surface area contributed by atoms with Gasteiger partial charge < -0.3 is 14.7 Å². The fourth-order valence-electron chi connectivity index (χ4n) is 1.91. The number of fused-ring (bicyclic) bond motifs is 1. The molecule has 1 N–H and O–H groups in total. The number of halogens is 1. The molecule has 0 spiro atoms. The van der Waals surface area contributed by atoms with Crippen molar-refractivity contribution in [3.63, 3.8) is 0 Å². The number of carbonyl (C=O) groups is 2. The van der Waals surface area contributed by atoms with Crippen LogP contribution in [-0.2, 0) is 17.8 Å². The lowest BCUT2D eigenvalue weighted by Crippen LogP contribution is -2.41.